The number of hydrogen-bond donors (Lipinski definition) is 1. The zero-order valence-corrected chi connectivity index (χ0v) is 17.6. The second-order valence-corrected chi connectivity index (χ2v) is 8.32. The lowest BCUT2D eigenvalue weighted by Gasteiger charge is -2.10. The summed E-state index contributed by atoms with van der Waals surface area (Å²) < 4.78 is 10.6. The number of carbonyl (C=O) groups is 1. The summed E-state index contributed by atoms with van der Waals surface area (Å²) in [7, 11) is 3.32. The Kier molecular flexibility index (Phi) is 5.86. The molecule has 2 aromatic carbocycles. The van der Waals surface area contributed by atoms with Crippen molar-refractivity contribution in [2.24, 2.45) is 0 Å². The average molecular weight is 408 g/mol. The SMILES string of the molecule is COc1ccc(-c2cc(C(=O)NC3CCCC3)sc2-c2ccc(OC)cc2)cc1. The van der Waals surface area contributed by atoms with Crippen LogP contribution in [0.5, 0.6) is 11.5 Å². The molecule has 1 aliphatic rings. The van der Waals surface area contributed by atoms with Gasteiger partial charge in [0.25, 0.3) is 5.91 Å². The van der Waals surface area contributed by atoms with E-state index in [1.807, 2.05) is 54.6 Å². The van der Waals surface area contributed by atoms with Gasteiger partial charge in [0, 0.05) is 16.5 Å². The Hall–Kier alpha value is -2.79. The first-order valence-corrected chi connectivity index (χ1v) is 10.7. The molecule has 0 unspecified atom stereocenters. The van der Waals surface area contributed by atoms with Gasteiger partial charge in [0.15, 0.2) is 0 Å². The maximum absolute atomic E-state index is 12.9. The fourth-order valence-electron chi connectivity index (χ4n) is 3.77. The van der Waals surface area contributed by atoms with E-state index >= 15 is 0 Å². The summed E-state index contributed by atoms with van der Waals surface area (Å²) in [5.74, 6) is 1.65. The van der Waals surface area contributed by atoms with E-state index in [4.69, 9.17) is 9.47 Å². The van der Waals surface area contributed by atoms with Gasteiger partial charge < -0.3 is 14.8 Å². The number of methoxy groups -OCH3 is 2. The van der Waals surface area contributed by atoms with E-state index in [-0.39, 0.29) is 5.91 Å². The van der Waals surface area contributed by atoms with Crippen molar-refractivity contribution < 1.29 is 14.3 Å². The first-order valence-electron chi connectivity index (χ1n) is 9.91. The second kappa shape index (κ2) is 8.70. The highest BCUT2D eigenvalue weighted by atomic mass is 32.1. The predicted octanol–water partition coefficient (Wildman–Crippen LogP) is 5.77. The summed E-state index contributed by atoms with van der Waals surface area (Å²) >= 11 is 1.54. The van der Waals surface area contributed by atoms with Crippen molar-refractivity contribution in [3.05, 3.63) is 59.5 Å². The number of ether oxygens (including phenoxy) is 2. The van der Waals surface area contributed by atoms with E-state index < -0.39 is 0 Å². The summed E-state index contributed by atoms with van der Waals surface area (Å²) in [6.45, 7) is 0. The van der Waals surface area contributed by atoms with Crippen LogP contribution >= 0.6 is 11.3 Å². The summed E-state index contributed by atoms with van der Waals surface area (Å²) in [5.41, 5.74) is 3.19. The minimum absolute atomic E-state index is 0.0245. The van der Waals surface area contributed by atoms with E-state index in [1.165, 1.54) is 24.2 Å². The van der Waals surface area contributed by atoms with Crippen molar-refractivity contribution in [1.82, 2.24) is 5.32 Å². The summed E-state index contributed by atoms with van der Waals surface area (Å²) in [5, 5.41) is 3.21. The fraction of sp³-hybridized carbons (Fsp3) is 0.292. The van der Waals surface area contributed by atoms with E-state index in [0.29, 0.717) is 6.04 Å². The third-order valence-corrected chi connectivity index (χ3v) is 6.58. The molecule has 0 atom stereocenters. The normalized spacial score (nSPS) is 14.0. The standard InChI is InChI=1S/C24H25NO3S/c1-27-19-11-7-16(8-12-19)21-15-22(24(26)25-18-5-3-4-6-18)29-23(21)17-9-13-20(28-2)14-10-17/h7-15,18H,3-6H2,1-2H3,(H,25,26). The van der Waals surface area contributed by atoms with E-state index in [0.717, 1.165) is 50.8 Å². The van der Waals surface area contributed by atoms with E-state index in [9.17, 15) is 4.79 Å². The van der Waals surface area contributed by atoms with Crippen LogP contribution in [0.25, 0.3) is 21.6 Å². The van der Waals surface area contributed by atoms with Crippen LogP contribution in [-0.2, 0) is 0 Å². The third-order valence-electron chi connectivity index (χ3n) is 5.40. The van der Waals surface area contributed by atoms with Crippen LogP contribution in [-0.4, -0.2) is 26.2 Å². The van der Waals surface area contributed by atoms with Crippen molar-refractivity contribution >= 4 is 17.2 Å². The quantitative estimate of drug-likeness (QED) is 0.564. The smallest absolute Gasteiger partial charge is 0.261 e. The average Bonchev–Trinajstić information content (AvgIpc) is 3.44. The van der Waals surface area contributed by atoms with Gasteiger partial charge in [-0.15, -0.1) is 11.3 Å². The molecule has 29 heavy (non-hydrogen) atoms. The number of amides is 1. The van der Waals surface area contributed by atoms with Gasteiger partial charge in [-0.3, -0.25) is 4.79 Å². The Balaban J connectivity index is 1.71. The molecule has 0 spiro atoms. The first kappa shape index (κ1) is 19.5. The van der Waals surface area contributed by atoms with Crippen LogP contribution in [0.4, 0.5) is 0 Å². The molecule has 0 aliphatic heterocycles. The van der Waals surface area contributed by atoms with Gasteiger partial charge >= 0.3 is 0 Å². The Morgan fingerprint density at radius 1 is 0.897 bits per heavy atom. The molecule has 1 saturated carbocycles. The van der Waals surface area contributed by atoms with Crippen LogP contribution in [0, 0.1) is 0 Å². The number of rotatable bonds is 6. The molecular formula is C24H25NO3S. The molecule has 1 heterocycles. The lowest BCUT2D eigenvalue weighted by Crippen LogP contribution is -2.31. The molecule has 0 radical (unpaired) electrons. The summed E-state index contributed by atoms with van der Waals surface area (Å²) in [4.78, 5) is 14.7. The maximum Gasteiger partial charge on any atom is 0.261 e. The van der Waals surface area contributed by atoms with Crippen molar-refractivity contribution in [2.75, 3.05) is 14.2 Å². The number of thiophene rings is 1. The maximum atomic E-state index is 12.9. The largest absolute Gasteiger partial charge is 0.497 e. The van der Waals surface area contributed by atoms with Crippen LogP contribution in [0.2, 0.25) is 0 Å². The van der Waals surface area contributed by atoms with Gasteiger partial charge in [0.1, 0.15) is 11.5 Å². The van der Waals surface area contributed by atoms with Gasteiger partial charge in [-0.1, -0.05) is 25.0 Å². The molecule has 0 bridgehead atoms. The highest BCUT2D eigenvalue weighted by Crippen LogP contribution is 2.40. The minimum Gasteiger partial charge on any atom is -0.497 e. The molecular weight excluding hydrogens is 382 g/mol. The highest BCUT2D eigenvalue weighted by molar-refractivity contribution is 7.18. The minimum atomic E-state index is 0.0245. The van der Waals surface area contributed by atoms with Crippen molar-refractivity contribution in [3.8, 4) is 33.1 Å². The molecule has 150 valence electrons. The van der Waals surface area contributed by atoms with Crippen LogP contribution in [0.15, 0.2) is 54.6 Å². The van der Waals surface area contributed by atoms with Crippen molar-refractivity contribution in [2.45, 2.75) is 31.7 Å². The lowest BCUT2D eigenvalue weighted by molar-refractivity contribution is 0.0942. The van der Waals surface area contributed by atoms with E-state index in [1.54, 1.807) is 14.2 Å². The Morgan fingerprint density at radius 2 is 1.45 bits per heavy atom. The second-order valence-electron chi connectivity index (χ2n) is 7.27. The van der Waals surface area contributed by atoms with Crippen LogP contribution < -0.4 is 14.8 Å². The van der Waals surface area contributed by atoms with Gasteiger partial charge in [-0.2, -0.15) is 0 Å². The number of carbonyl (C=O) groups excluding carboxylic acids is 1. The zero-order chi connectivity index (χ0) is 20.2. The number of benzene rings is 2. The summed E-state index contributed by atoms with van der Waals surface area (Å²) in [6, 6.07) is 18.3. The number of hydrogen-bond acceptors (Lipinski definition) is 4. The highest BCUT2D eigenvalue weighted by Gasteiger charge is 2.21. The molecule has 1 amide bonds. The van der Waals surface area contributed by atoms with Gasteiger partial charge in [-0.25, -0.2) is 0 Å². The van der Waals surface area contributed by atoms with Gasteiger partial charge in [-0.05, 0) is 66.4 Å². The first-order chi connectivity index (χ1) is 14.2. The molecule has 4 rings (SSSR count). The molecule has 3 aromatic rings. The molecule has 1 aromatic heterocycles. The third kappa shape index (κ3) is 4.30. The van der Waals surface area contributed by atoms with Gasteiger partial charge in [0.2, 0.25) is 0 Å². The van der Waals surface area contributed by atoms with Crippen LogP contribution in [0.1, 0.15) is 35.4 Å². The Bertz CT molecular complexity index is 905. The zero-order valence-electron chi connectivity index (χ0n) is 16.7. The molecule has 0 saturated heterocycles. The molecule has 1 N–H and O–H groups in total. The Labute approximate surface area is 175 Å². The number of nitrogens with one attached hydrogen (secondary N) is 1. The monoisotopic (exact) mass is 407 g/mol. The van der Waals surface area contributed by atoms with Crippen molar-refractivity contribution in [1.29, 1.82) is 0 Å². The molecule has 5 heteroatoms. The predicted molar refractivity (Wildman–Crippen MR) is 118 cm³/mol. The lowest BCUT2D eigenvalue weighted by atomic mass is 10.0. The molecule has 1 aliphatic carbocycles. The van der Waals surface area contributed by atoms with E-state index in [2.05, 4.69) is 5.32 Å². The Morgan fingerprint density at radius 3 is 2.00 bits per heavy atom. The molecule has 4 nitrogen and oxygen atoms in total. The summed E-state index contributed by atoms with van der Waals surface area (Å²) in [6.07, 6.45) is 4.55. The topological polar surface area (TPSA) is 47.6 Å². The molecule has 1 fully saturated rings. The van der Waals surface area contributed by atoms with Crippen molar-refractivity contribution in [3.63, 3.8) is 0 Å². The fourth-order valence-corrected chi connectivity index (χ4v) is 4.86. The van der Waals surface area contributed by atoms with Gasteiger partial charge in [0.05, 0.1) is 19.1 Å². The van der Waals surface area contributed by atoms with Crippen LogP contribution in [0.3, 0.4) is 0 Å².